The summed E-state index contributed by atoms with van der Waals surface area (Å²) >= 11 is 0. The van der Waals surface area contributed by atoms with Gasteiger partial charge in [0.05, 0.1) is 0 Å². The van der Waals surface area contributed by atoms with Gasteiger partial charge in [-0.1, -0.05) is 12.8 Å². The number of halogens is 3. The molecule has 1 atom stereocenters. The first-order valence-corrected chi connectivity index (χ1v) is 8.87. The second kappa shape index (κ2) is 6.71. The van der Waals surface area contributed by atoms with Crippen molar-refractivity contribution >= 4 is 6.03 Å². The van der Waals surface area contributed by atoms with E-state index in [4.69, 9.17) is 0 Å². The van der Waals surface area contributed by atoms with Crippen molar-refractivity contribution in [1.29, 1.82) is 0 Å². The van der Waals surface area contributed by atoms with Crippen LogP contribution < -0.4 is 5.32 Å². The van der Waals surface area contributed by atoms with Crippen molar-refractivity contribution in [2.75, 3.05) is 26.2 Å². The van der Waals surface area contributed by atoms with Crippen molar-refractivity contribution in [2.24, 2.45) is 0 Å². The molecule has 1 aliphatic carbocycles. The maximum Gasteiger partial charge on any atom is 0.417 e. The molecule has 2 saturated heterocycles. The van der Waals surface area contributed by atoms with E-state index >= 15 is 0 Å². The van der Waals surface area contributed by atoms with Crippen molar-refractivity contribution in [2.45, 2.75) is 68.8 Å². The molecule has 2 N–H and O–H groups in total. The minimum atomic E-state index is -4.64. The maximum absolute atomic E-state index is 12.8. The fourth-order valence-corrected chi connectivity index (χ4v) is 4.14. The number of alkyl halides is 3. The predicted molar refractivity (Wildman–Crippen MR) is 82.6 cm³/mol. The number of carbonyl (C=O) groups excluding carboxylic acids is 1. The Hall–Kier alpha value is -1.02. The number of hydrogen-bond donors (Lipinski definition) is 2. The van der Waals surface area contributed by atoms with E-state index in [1.165, 1.54) is 30.6 Å². The van der Waals surface area contributed by atoms with Crippen LogP contribution in [0.1, 0.15) is 44.9 Å². The molecule has 138 valence electrons. The molecule has 2 aliphatic heterocycles. The Morgan fingerprint density at radius 1 is 1.08 bits per heavy atom. The first-order chi connectivity index (χ1) is 11.3. The third kappa shape index (κ3) is 3.64. The molecule has 0 bridgehead atoms. The second-order valence-corrected chi connectivity index (χ2v) is 7.38. The monoisotopic (exact) mass is 349 g/mol. The standard InChI is InChI=1S/C16H26F3N3O2/c17-16(18,19)15(24)6-9-21(10-7-15)14(23)20-12-5-8-22(11-12)13-3-1-2-4-13/h12-13,24H,1-11H2,(H,20,23). The maximum atomic E-state index is 12.8. The number of hydrogen-bond acceptors (Lipinski definition) is 3. The first-order valence-electron chi connectivity index (χ1n) is 8.87. The molecule has 8 heteroatoms. The topological polar surface area (TPSA) is 55.8 Å². The summed E-state index contributed by atoms with van der Waals surface area (Å²) in [6.45, 7) is 1.67. The lowest BCUT2D eigenvalue weighted by atomic mass is 9.91. The molecule has 2 amide bonds. The smallest absolute Gasteiger partial charge is 0.380 e. The minimum Gasteiger partial charge on any atom is -0.380 e. The summed E-state index contributed by atoms with van der Waals surface area (Å²) in [5.74, 6) is 0. The van der Waals surface area contributed by atoms with Gasteiger partial charge in [0, 0.05) is 51.1 Å². The molecule has 0 aromatic rings. The number of likely N-dealkylation sites (tertiary alicyclic amines) is 2. The molecule has 1 unspecified atom stereocenters. The van der Waals surface area contributed by atoms with E-state index < -0.39 is 24.6 Å². The van der Waals surface area contributed by atoms with E-state index in [0.29, 0.717) is 6.04 Å². The molecule has 1 saturated carbocycles. The van der Waals surface area contributed by atoms with Gasteiger partial charge in [0.1, 0.15) is 0 Å². The highest BCUT2D eigenvalue weighted by Crippen LogP contribution is 2.38. The minimum absolute atomic E-state index is 0.0685. The molecule has 0 spiro atoms. The Kier molecular flexibility index (Phi) is 4.97. The van der Waals surface area contributed by atoms with E-state index in [1.54, 1.807) is 0 Å². The van der Waals surface area contributed by atoms with Crippen LogP contribution in [0.15, 0.2) is 0 Å². The number of rotatable bonds is 2. The fourth-order valence-electron chi connectivity index (χ4n) is 4.14. The summed E-state index contributed by atoms with van der Waals surface area (Å²) in [7, 11) is 0. The molecule has 2 heterocycles. The van der Waals surface area contributed by atoms with Gasteiger partial charge in [-0.3, -0.25) is 4.90 Å². The van der Waals surface area contributed by atoms with E-state index in [2.05, 4.69) is 10.2 Å². The summed E-state index contributed by atoms with van der Waals surface area (Å²) in [6, 6.07) is 0.391. The van der Waals surface area contributed by atoms with Crippen LogP contribution in [0.5, 0.6) is 0 Å². The van der Waals surface area contributed by atoms with E-state index in [1.807, 2.05) is 0 Å². The summed E-state index contributed by atoms with van der Waals surface area (Å²) in [5, 5.41) is 12.6. The lowest BCUT2D eigenvalue weighted by molar-refractivity contribution is -0.271. The summed E-state index contributed by atoms with van der Waals surface area (Å²) < 4.78 is 38.4. The molecular formula is C16H26F3N3O2. The number of nitrogens with zero attached hydrogens (tertiary/aromatic N) is 2. The lowest BCUT2D eigenvalue weighted by Gasteiger charge is -2.39. The molecule has 3 fully saturated rings. The number of piperidine rings is 1. The van der Waals surface area contributed by atoms with Gasteiger partial charge in [0.25, 0.3) is 0 Å². The molecule has 0 radical (unpaired) electrons. The number of nitrogens with one attached hydrogen (secondary N) is 1. The number of urea groups is 1. The zero-order valence-electron chi connectivity index (χ0n) is 13.8. The van der Waals surface area contributed by atoms with Crippen LogP contribution in [0.25, 0.3) is 0 Å². The number of carbonyl (C=O) groups is 1. The highest BCUT2D eigenvalue weighted by atomic mass is 19.4. The predicted octanol–water partition coefficient (Wildman–Crippen LogP) is 2.10. The molecule has 3 rings (SSSR count). The summed E-state index contributed by atoms with van der Waals surface area (Å²) in [6.07, 6.45) is 0.338. The van der Waals surface area contributed by atoms with Crippen molar-refractivity contribution in [3.05, 3.63) is 0 Å². The van der Waals surface area contributed by atoms with Gasteiger partial charge >= 0.3 is 12.2 Å². The second-order valence-electron chi connectivity index (χ2n) is 7.38. The van der Waals surface area contributed by atoms with Crippen LogP contribution in [0.4, 0.5) is 18.0 Å². The van der Waals surface area contributed by atoms with Crippen molar-refractivity contribution in [3.63, 3.8) is 0 Å². The largest absolute Gasteiger partial charge is 0.417 e. The van der Waals surface area contributed by atoms with Crippen molar-refractivity contribution in [1.82, 2.24) is 15.1 Å². The van der Waals surface area contributed by atoms with E-state index in [9.17, 15) is 23.1 Å². The van der Waals surface area contributed by atoms with Gasteiger partial charge in [-0.2, -0.15) is 13.2 Å². The molecule has 5 nitrogen and oxygen atoms in total. The third-order valence-corrected chi connectivity index (χ3v) is 5.79. The van der Waals surface area contributed by atoms with Crippen LogP contribution in [-0.2, 0) is 0 Å². The zero-order chi connectivity index (χ0) is 17.4. The van der Waals surface area contributed by atoms with E-state index in [0.717, 1.165) is 19.5 Å². The van der Waals surface area contributed by atoms with Crippen LogP contribution in [0.2, 0.25) is 0 Å². The van der Waals surface area contributed by atoms with Crippen LogP contribution >= 0.6 is 0 Å². The van der Waals surface area contributed by atoms with Gasteiger partial charge < -0.3 is 15.3 Å². The Balaban J connectivity index is 1.45. The Morgan fingerprint density at radius 2 is 1.71 bits per heavy atom. The first kappa shape index (κ1) is 17.8. The highest BCUT2D eigenvalue weighted by Gasteiger charge is 2.55. The SMILES string of the molecule is O=C(NC1CCN(C2CCCC2)C1)N1CCC(O)(C(F)(F)F)CC1. The zero-order valence-corrected chi connectivity index (χ0v) is 13.8. The van der Waals surface area contributed by atoms with Gasteiger partial charge in [-0.15, -0.1) is 0 Å². The Bertz CT molecular complexity index is 458. The fraction of sp³-hybridized carbons (Fsp3) is 0.938. The van der Waals surface area contributed by atoms with Crippen LogP contribution in [0.3, 0.4) is 0 Å². The number of amides is 2. The molecular weight excluding hydrogens is 323 g/mol. The Labute approximate surface area is 140 Å². The summed E-state index contributed by atoms with van der Waals surface area (Å²) in [4.78, 5) is 16.1. The van der Waals surface area contributed by atoms with E-state index in [-0.39, 0.29) is 25.2 Å². The van der Waals surface area contributed by atoms with Crippen molar-refractivity contribution in [3.8, 4) is 0 Å². The molecule has 0 aromatic heterocycles. The van der Waals surface area contributed by atoms with Gasteiger partial charge in [0.2, 0.25) is 0 Å². The average Bonchev–Trinajstić information content (AvgIpc) is 3.17. The van der Waals surface area contributed by atoms with Crippen LogP contribution in [0, 0.1) is 0 Å². The number of aliphatic hydroxyl groups is 1. The third-order valence-electron chi connectivity index (χ3n) is 5.79. The summed E-state index contributed by atoms with van der Waals surface area (Å²) in [5.41, 5.74) is -2.66. The Morgan fingerprint density at radius 3 is 2.29 bits per heavy atom. The van der Waals surface area contributed by atoms with Gasteiger partial charge in [-0.05, 0) is 19.3 Å². The van der Waals surface area contributed by atoms with Gasteiger partial charge in [0.15, 0.2) is 5.60 Å². The molecule has 3 aliphatic rings. The lowest BCUT2D eigenvalue weighted by Crippen LogP contribution is -2.56. The highest BCUT2D eigenvalue weighted by molar-refractivity contribution is 5.74. The van der Waals surface area contributed by atoms with Gasteiger partial charge in [-0.25, -0.2) is 4.79 Å². The quantitative estimate of drug-likeness (QED) is 0.803. The molecule has 24 heavy (non-hydrogen) atoms. The molecule has 0 aromatic carbocycles. The van der Waals surface area contributed by atoms with Crippen LogP contribution in [-0.4, -0.2) is 71.0 Å². The average molecular weight is 349 g/mol. The normalized spacial score (nSPS) is 29.2. The van der Waals surface area contributed by atoms with Crippen molar-refractivity contribution < 1.29 is 23.1 Å².